The maximum atomic E-state index is 5.76. The Bertz CT molecular complexity index is 392. The second kappa shape index (κ2) is 5.39. The molecule has 2 heterocycles. The molecule has 4 heteroatoms. The Balaban J connectivity index is 1.68. The number of hydrogen-bond acceptors (Lipinski definition) is 3. The zero-order chi connectivity index (χ0) is 12.4. The maximum Gasteiger partial charge on any atom is 0.133 e. The Morgan fingerprint density at radius 3 is 2.67 bits per heavy atom. The van der Waals surface area contributed by atoms with Gasteiger partial charge in [0.15, 0.2) is 0 Å². The molecular formula is C14H24N4. The van der Waals surface area contributed by atoms with Gasteiger partial charge in [0.1, 0.15) is 11.6 Å². The van der Waals surface area contributed by atoms with Crippen molar-refractivity contribution in [3.63, 3.8) is 0 Å². The Labute approximate surface area is 109 Å². The highest BCUT2D eigenvalue weighted by atomic mass is 15.3. The average Bonchev–Trinajstić information content (AvgIpc) is 2.82. The van der Waals surface area contributed by atoms with E-state index in [2.05, 4.69) is 14.8 Å². The molecule has 0 radical (unpaired) electrons. The highest BCUT2D eigenvalue weighted by Crippen LogP contribution is 2.28. The first-order chi connectivity index (χ1) is 8.86. The summed E-state index contributed by atoms with van der Waals surface area (Å²) < 4.78 is 2.36. The first kappa shape index (κ1) is 12.2. The van der Waals surface area contributed by atoms with Crippen LogP contribution in [0, 0.1) is 11.8 Å². The van der Waals surface area contributed by atoms with Crippen LogP contribution in [0.4, 0.5) is 0 Å². The lowest BCUT2D eigenvalue weighted by molar-refractivity contribution is 0.337. The van der Waals surface area contributed by atoms with E-state index in [0.717, 1.165) is 31.8 Å². The van der Waals surface area contributed by atoms with Crippen molar-refractivity contribution in [2.75, 3.05) is 6.54 Å². The molecule has 0 bridgehead atoms. The Morgan fingerprint density at radius 2 is 1.89 bits per heavy atom. The second-order valence-electron chi connectivity index (χ2n) is 5.99. The van der Waals surface area contributed by atoms with Gasteiger partial charge in [-0.25, -0.2) is 0 Å². The Morgan fingerprint density at radius 1 is 1.06 bits per heavy atom. The van der Waals surface area contributed by atoms with E-state index in [9.17, 15) is 0 Å². The third-order valence-corrected chi connectivity index (χ3v) is 4.67. The van der Waals surface area contributed by atoms with Crippen LogP contribution in [0.3, 0.4) is 0 Å². The molecule has 0 saturated heterocycles. The van der Waals surface area contributed by atoms with E-state index >= 15 is 0 Å². The summed E-state index contributed by atoms with van der Waals surface area (Å²) in [6, 6.07) is 0. The lowest BCUT2D eigenvalue weighted by Crippen LogP contribution is -2.26. The molecule has 0 spiro atoms. The molecule has 1 atom stereocenters. The molecule has 0 aromatic carbocycles. The van der Waals surface area contributed by atoms with E-state index < -0.39 is 0 Å². The largest absolute Gasteiger partial charge is 0.330 e. The zero-order valence-electron chi connectivity index (χ0n) is 11.1. The molecule has 1 saturated carbocycles. The van der Waals surface area contributed by atoms with Crippen molar-refractivity contribution in [3.8, 4) is 0 Å². The summed E-state index contributed by atoms with van der Waals surface area (Å²) in [7, 11) is 0. The molecule has 4 nitrogen and oxygen atoms in total. The molecule has 1 unspecified atom stereocenters. The average molecular weight is 248 g/mol. The van der Waals surface area contributed by atoms with Gasteiger partial charge in [-0.05, 0) is 24.8 Å². The maximum absolute atomic E-state index is 5.76. The van der Waals surface area contributed by atoms with Crippen LogP contribution < -0.4 is 5.73 Å². The van der Waals surface area contributed by atoms with E-state index in [1.54, 1.807) is 0 Å². The van der Waals surface area contributed by atoms with Gasteiger partial charge < -0.3 is 10.3 Å². The molecule has 1 fully saturated rings. The Hall–Kier alpha value is -0.900. The topological polar surface area (TPSA) is 56.7 Å². The monoisotopic (exact) mass is 248 g/mol. The highest BCUT2D eigenvalue weighted by molar-refractivity contribution is 5.01. The number of nitrogens with zero attached hydrogens (tertiary/aromatic N) is 3. The fourth-order valence-electron chi connectivity index (χ4n) is 3.46. The van der Waals surface area contributed by atoms with Gasteiger partial charge in [0, 0.05) is 19.4 Å². The van der Waals surface area contributed by atoms with Crippen molar-refractivity contribution in [1.82, 2.24) is 14.8 Å². The molecular weight excluding hydrogens is 224 g/mol. The zero-order valence-corrected chi connectivity index (χ0v) is 11.1. The van der Waals surface area contributed by atoms with Gasteiger partial charge >= 0.3 is 0 Å². The van der Waals surface area contributed by atoms with Crippen LogP contribution in [0.1, 0.15) is 50.2 Å². The Kier molecular flexibility index (Phi) is 3.64. The van der Waals surface area contributed by atoms with Crippen LogP contribution in [-0.2, 0) is 19.4 Å². The molecule has 1 aromatic rings. The summed E-state index contributed by atoms with van der Waals surface area (Å²) in [5, 5.41) is 8.81. The van der Waals surface area contributed by atoms with Crippen molar-refractivity contribution < 1.29 is 0 Å². The lowest BCUT2D eigenvalue weighted by Gasteiger charge is -2.24. The van der Waals surface area contributed by atoms with Crippen LogP contribution in [-0.4, -0.2) is 21.3 Å². The van der Waals surface area contributed by atoms with Crippen molar-refractivity contribution in [1.29, 1.82) is 0 Å². The predicted molar refractivity (Wildman–Crippen MR) is 71.2 cm³/mol. The van der Waals surface area contributed by atoms with Crippen molar-refractivity contribution in [3.05, 3.63) is 11.6 Å². The van der Waals surface area contributed by atoms with E-state index in [1.807, 2.05) is 0 Å². The second-order valence-corrected chi connectivity index (χ2v) is 5.99. The summed E-state index contributed by atoms with van der Waals surface area (Å²) in [6.45, 7) is 1.86. The molecule has 100 valence electrons. The molecule has 18 heavy (non-hydrogen) atoms. The lowest BCUT2D eigenvalue weighted by atomic mass is 9.86. The SMILES string of the molecule is NCC1CCn2c(nnc2CC2CCCCC2)C1. The molecule has 0 amide bonds. The third kappa shape index (κ3) is 2.44. The summed E-state index contributed by atoms with van der Waals surface area (Å²) in [5.41, 5.74) is 5.76. The fraction of sp³-hybridized carbons (Fsp3) is 0.857. The predicted octanol–water partition coefficient (Wildman–Crippen LogP) is 1.92. The number of hydrogen-bond donors (Lipinski definition) is 1. The minimum Gasteiger partial charge on any atom is -0.330 e. The minimum atomic E-state index is 0.615. The number of fused-ring (bicyclic) bond motifs is 1. The highest BCUT2D eigenvalue weighted by Gasteiger charge is 2.24. The van der Waals surface area contributed by atoms with Gasteiger partial charge in [-0.1, -0.05) is 32.1 Å². The number of nitrogens with two attached hydrogens (primary N) is 1. The van der Waals surface area contributed by atoms with Crippen molar-refractivity contribution in [2.24, 2.45) is 17.6 Å². The quantitative estimate of drug-likeness (QED) is 0.889. The minimum absolute atomic E-state index is 0.615. The third-order valence-electron chi connectivity index (χ3n) is 4.67. The van der Waals surface area contributed by atoms with E-state index in [0.29, 0.717) is 5.92 Å². The standard InChI is InChI=1S/C14H24N4/c15-10-12-6-7-18-13(16-17-14(18)9-12)8-11-4-2-1-3-5-11/h11-12H,1-10,15H2. The number of aromatic nitrogens is 3. The molecule has 1 aromatic heterocycles. The fourth-order valence-corrected chi connectivity index (χ4v) is 3.46. The van der Waals surface area contributed by atoms with Crippen molar-refractivity contribution >= 4 is 0 Å². The van der Waals surface area contributed by atoms with Crippen LogP contribution >= 0.6 is 0 Å². The first-order valence-corrected chi connectivity index (χ1v) is 7.48. The van der Waals surface area contributed by atoms with Gasteiger partial charge in [-0.3, -0.25) is 0 Å². The molecule has 3 rings (SSSR count). The van der Waals surface area contributed by atoms with Crippen LogP contribution in [0.2, 0.25) is 0 Å². The summed E-state index contributed by atoms with van der Waals surface area (Å²) >= 11 is 0. The number of rotatable bonds is 3. The normalized spacial score (nSPS) is 25.1. The van der Waals surface area contributed by atoms with Gasteiger partial charge in [0.25, 0.3) is 0 Å². The summed E-state index contributed by atoms with van der Waals surface area (Å²) in [6.07, 6.45) is 10.4. The van der Waals surface area contributed by atoms with Crippen LogP contribution in [0.25, 0.3) is 0 Å². The van der Waals surface area contributed by atoms with E-state index in [4.69, 9.17) is 5.73 Å². The molecule has 2 N–H and O–H groups in total. The van der Waals surface area contributed by atoms with Gasteiger partial charge in [0.2, 0.25) is 0 Å². The van der Waals surface area contributed by atoms with E-state index in [1.165, 1.54) is 50.2 Å². The van der Waals surface area contributed by atoms with Crippen LogP contribution in [0.5, 0.6) is 0 Å². The van der Waals surface area contributed by atoms with Gasteiger partial charge in [0.05, 0.1) is 0 Å². The molecule has 1 aliphatic carbocycles. The van der Waals surface area contributed by atoms with E-state index in [-0.39, 0.29) is 0 Å². The van der Waals surface area contributed by atoms with Crippen molar-refractivity contribution in [2.45, 2.75) is 57.9 Å². The molecule has 2 aliphatic rings. The smallest absolute Gasteiger partial charge is 0.133 e. The van der Waals surface area contributed by atoms with Gasteiger partial charge in [-0.15, -0.1) is 10.2 Å². The van der Waals surface area contributed by atoms with Crippen LogP contribution in [0.15, 0.2) is 0 Å². The summed E-state index contributed by atoms with van der Waals surface area (Å²) in [4.78, 5) is 0. The van der Waals surface area contributed by atoms with Gasteiger partial charge in [-0.2, -0.15) is 0 Å². The first-order valence-electron chi connectivity index (χ1n) is 7.48. The summed E-state index contributed by atoms with van der Waals surface area (Å²) in [5.74, 6) is 3.86. The molecule has 1 aliphatic heterocycles.